The molecule has 0 amide bonds. The number of ether oxygens (including phenoxy) is 1. The SMILES string of the molecule is CNc1ncc(F)c(Oc2cc(C)ccc2[N+](=O)[O-])n1. The Balaban J connectivity index is 2.43. The Bertz CT molecular complexity index is 663. The van der Waals surface area contributed by atoms with E-state index in [-0.39, 0.29) is 23.3 Å². The molecule has 0 aliphatic carbocycles. The summed E-state index contributed by atoms with van der Waals surface area (Å²) in [5.74, 6) is -1.11. The molecule has 0 fully saturated rings. The lowest BCUT2D eigenvalue weighted by Crippen LogP contribution is -2.01. The average molecular weight is 278 g/mol. The van der Waals surface area contributed by atoms with Crippen molar-refractivity contribution in [3.05, 3.63) is 45.9 Å². The summed E-state index contributed by atoms with van der Waals surface area (Å²) in [6.07, 6.45) is 0.926. The van der Waals surface area contributed by atoms with E-state index in [4.69, 9.17) is 4.74 Å². The average Bonchev–Trinajstić information content (AvgIpc) is 2.41. The Hall–Kier alpha value is -2.77. The minimum atomic E-state index is -0.806. The molecule has 104 valence electrons. The zero-order chi connectivity index (χ0) is 14.7. The lowest BCUT2D eigenvalue weighted by atomic mass is 10.2. The van der Waals surface area contributed by atoms with Gasteiger partial charge >= 0.3 is 5.69 Å². The van der Waals surface area contributed by atoms with Crippen molar-refractivity contribution in [3.8, 4) is 11.6 Å². The number of nitrogens with zero attached hydrogens (tertiary/aromatic N) is 3. The fourth-order valence-electron chi connectivity index (χ4n) is 1.50. The molecule has 0 bridgehead atoms. The maximum absolute atomic E-state index is 13.6. The number of aromatic nitrogens is 2. The Kier molecular flexibility index (Phi) is 3.74. The van der Waals surface area contributed by atoms with Crippen molar-refractivity contribution in [2.75, 3.05) is 12.4 Å². The van der Waals surface area contributed by atoms with Crippen LogP contribution in [0.2, 0.25) is 0 Å². The van der Waals surface area contributed by atoms with E-state index in [1.807, 2.05) is 0 Å². The van der Waals surface area contributed by atoms with Crippen LogP contribution in [0.15, 0.2) is 24.4 Å². The van der Waals surface area contributed by atoms with Crippen molar-refractivity contribution in [2.24, 2.45) is 0 Å². The number of anilines is 1. The number of hydrogen-bond acceptors (Lipinski definition) is 6. The zero-order valence-corrected chi connectivity index (χ0v) is 10.8. The summed E-state index contributed by atoms with van der Waals surface area (Å²) in [6.45, 7) is 1.74. The third-order valence-electron chi connectivity index (χ3n) is 2.45. The summed E-state index contributed by atoms with van der Waals surface area (Å²) in [7, 11) is 1.56. The quantitative estimate of drug-likeness (QED) is 0.683. The van der Waals surface area contributed by atoms with Crippen LogP contribution in [-0.4, -0.2) is 21.9 Å². The maximum atomic E-state index is 13.6. The molecule has 0 spiro atoms. The van der Waals surface area contributed by atoms with E-state index in [2.05, 4.69) is 15.3 Å². The molecule has 20 heavy (non-hydrogen) atoms. The number of hydrogen-bond donors (Lipinski definition) is 1. The third kappa shape index (κ3) is 2.79. The van der Waals surface area contributed by atoms with Gasteiger partial charge in [0.1, 0.15) is 0 Å². The molecule has 8 heteroatoms. The second kappa shape index (κ2) is 5.47. The van der Waals surface area contributed by atoms with Gasteiger partial charge in [-0.15, -0.1) is 0 Å². The first-order valence-corrected chi connectivity index (χ1v) is 5.64. The summed E-state index contributed by atoms with van der Waals surface area (Å²) in [5.41, 5.74) is 0.480. The molecule has 1 aromatic heterocycles. The van der Waals surface area contributed by atoms with Crippen molar-refractivity contribution in [2.45, 2.75) is 6.92 Å². The highest BCUT2D eigenvalue weighted by Crippen LogP contribution is 2.32. The van der Waals surface area contributed by atoms with Crippen LogP contribution in [0.3, 0.4) is 0 Å². The number of aryl methyl sites for hydroxylation is 1. The molecule has 0 atom stereocenters. The van der Waals surface area contributed by atoms with E-state index in [0.29, 0.717) is 0 Å². The minimum absolute atomic E-state index is 0.0744. The zero-order valence-electron chi connectivity index (χ0n) is 10.8. The number of nitro groups is 1. The van der Waals surface area contributed by atoms with Gasteiger partial charge in [0.05, 0.1) is 11.1 Å². The molecule has 1 heterocycles. The van der Waals surface area contributed by atoms with Crippen molar-refractivity contribution in [3.63, 3.8) is 0 Å². The van der Waals surface area contributed by atoms with Crippen LogP contribution >= 0.6 is 0 Å². The minimum Gasteiger partial charge on any atom is -0.429 e. The van der Waals surface area contributed by atoms with Crippen LogP contribution in [0.1, 0.15) is 5.56 Å². The first-order valence-electron chi connectivity index (χ1n) is 5.64. The highest BCUT2D eigenvalue weighted by molar-refractivity contribution is 5.49. The van der Waals surface area contributed by atoms with Gasteiger partial charge in [-0.1, -0.05) is 6.07 Å². The van der Waals surface area contributed by atoms with Crippen molar-refractivity contribution < 1.29 is 14.1 Å². The summed E-state index contributed by atoms with van der Waals surface area (Å²) < 4.78 is 18.8. The van der Waals surface area contributed by atoms with Gasteiger partial charge in [0.25, 0.3) is 5.88 Å². The first kappa shape index (κ1) is 13.7. The Morgan fingerprint density at radius 1 is 1.45 bits per heavy atom. The fourth-order valence-corrected chi connectivity index (χ4v) is 1.50. The predicted octanol–water partition coefficient (Wildman–Crippen LogP) is 2.67. The Morgan fingerprint density at radius 3 is 2.85 bits per heavy atom. The van der Waals surface area contributed by atoms with E-state index in [0.717, 1.165) is 11.8 Å². The van der Waals surface area contributed by atoms with Gasteiger partial charge in [-0.25, -0.2) is 4.98 Å². The molecule has 2 aromatic rings. The molecule has 0 saturated heterocycles. The van der Waals surface area contributed by atoms with Gasteiger partial charge in [0.15, 0.2) is 0 Å². The van der Waals surface area contributed by atoms with Crippen LogP contribution in [0.4, 0.5) is 16.0 Å². The molecule has 0 unspecified atom stereocenters. The van der Waals surface area contributed by atoms with E-state index < -0.39 is 10.7 Å². The van der Waals surface area contributed by atoms with Crippen LogP contribution in [0.25, 0.3) is 0 Å². The number of nitro benzene ring substituents is 1. The molecule has 0 saturated carbocycles. The van der Waals surface area contributed by atoms with E-state index in [1.165, 1.54) is 12.1 Å². The lowest BCUT2D eigenvalue weighted by Gasteiger charge is -2.08. The molecule has 1 N–H and O–H groups in total. The van der Waals surface area contributed by atoms with Crippen LogP contribution in [0, 0.1) is 22.9 Å². The Morgan fingerprint density at radius 2 is 2.20 bits per heavy atom. The topological polar surface area (TPSA) is 90.2 Å². The molecular formula is C12H11FN4O3. The van der Waals surface area contributed by atoms with Gasteiger partial charge in [0.2, 0.25) is 17.5 Å². The van der Waals surface area contributed by atoms with Crippen molar-refractivity contribution in [1.82, 2.24) is 9.97 Å². The van der Waals surface area contributed by atoms with Gasteiger partial charge in [-0.2, -0.15) is 9.37 Å². The summed E-state index contributed by atoms with van der Waals surface area (Å²) in [4.78, 5) is 17.8. The molecule has 1 aromatic carbocycles. The van der Waals surface area contributed by atoms with Gasteiger partial charge in [0, 0.05) is 13.1 Å². The Labute approximate surface area is 113 Å². The van der Waals surface area contributed by atoms with Crippen LogP contribution in [0.5, 0.6) is 11.6 Å². The van der Waals surface area contributed by atoms with Gasteiger partial charge in [-0.05, 0) is 18.6 Å². The fraction of sp³-hybridized carbons (Fsp3) is 0.167. The second-order valence-corrected chi connectivity index (χ2v) is 3.93. The van der Waals surface area contributed by atoms with E-state index >= 15 is 0 Å². The molecule has 0 radical (unpaired) electrons. The predicted molar refractivity (Wildman–Crippen MR) is 69.4 cm³/mol. The molecule has 2 rings (SSSR count). The molecule has 0 aliphatic rings. The lowest BCUT2D eigenvalue weighted by molar-refractivity contribution is -0.385. The first-order chi connectivity index (χ1) is 9.51. The largest absolute Gasteiger partial charge is 0.429 e. The van der Waals surface area contributed by atoms with Crippen molar-refractivity contribution in [1.29, 1.82) is 0 Å². The number of benzene rings is 1. The number of nitrogens with one attached hydrogen (secondary N) is 1. The monoisotopic (exact) mass is 278 g/mol. The van der Waals surface area contributed by atoms with Gasteiger partial charge in [-0.3, -0.25) is 10.1 Å². The molecule has 0 aliphatic heterocycles. The smallest absolute Gasteiger partial charge is 0.311 e. The standard InChI is InChI=1S/C12H11FN4O3/c1-7-3-4-9(17(18)19)10(5-7)20-11-8(13)6-15-12(14-2)16-11/h3-6H,1-2H3,(H,14,15,16). The van der Waals surface area contributed by atoms with E-state index in [1.54, 1.807) is 20.0 Å². The summed E-state index contributed by atoms with van der Waals surface area (Å²) in [6, 6.07) is 4.31. The normalized spacial score (nSPS) is 10.2. The number of rotatable bonds is 4. The molecule has 7 nitrogen and oxygen atoms in total. The van der Waals surface area contributed by atoms with Crippen LogP contribution < -0.4 is 10.1 Å². The summed E-state index contributed by atoms with van der Waals surface area (Å²) >= 11 is 0. The molecular weight excluding hydrogens is 267 g/mol. The third-order valence-corrected chi connectivity index (χ3v) is 2.45. The highest BCUT2D eigenvalue weighted by Gasteiger charge is 2.18. The highest BCUT2D eigenvalue weighted by atomic mass is 19.1. The van der Waals surface area contributed by atoms with Crippen LogP contribution in [-0.2, 0) is 0 Å². The second-order valence-electron chi connectivity index (χ2n) is 3.93. The van der Waals surface area contributed by atoms with Crippen molar-refractivity contribution >= 4 is 11.6 Å². The van der Waals surface area contributed by atoms with Gasteiger partial charge < -0.3 is 10.1 Å². The maximum Gasteiger partial charge on any atom is 0.311 e. The van der Waals surface area contributed by atoms with E-state index in [9.17, 15) is 14.5 Å². The number of halogens is 1. The summed E-state index contributed by atoms with van der Waals surface area (Å²) in [5, 5.41) is 13.5.